The summed E-state index contributed by atoms with van der Waals surface area (Å²) in [6, 6.07) is 14.7. The van der Waals surface area contributed by atoms with Crippen LogP contribution in [0.1, 0.15) is 11.1 Å². The average molecular weight is 278 g/mol. The van der Waals surface area contributed by atoms with Crippen LogP contribution < -0.4 is 5.32 Å². The van der Waals surface area contributed by atoms with Crippen LogP contribution in [0.15, 0.2) is 52.3 Å². The minimum atomic E-state index is 0.813. The number of nitrogens with one attached hydrogen (secondary N) is 1. The Labute approximate surface area is 118 Å². The zero-order valence-corrected chi connectivity index (χ0v) is 12.1. The maximum Gasteiger partial charge on any atom is 0.0548 e. The lowest BCUT2D eigenvalue weighted by Gasteiger charge is -2.07. The van der Waals surface area contributed by atoms with Crippen molar-refractivity contribution in [3.8, 4) is 0 Å². The van der Waals surface area contributed by atoms with Crippen LogP contribution in [0.3, 0.4) is 0 Å². The van der Waals surface area contributed by atoms with E-state index in [1.165, 1.54) is 16.0 Å². The molecule has 0 aliphatic carbocycles. The van der Waals surface area contributed by atoms with Gasteiger partial charge < -0.3 is 5.32 Å². The quantitative estimate of drug-likeness (QED) is 0.882. The molecule has 0 saturated heterocycles. The van der Waals surface area contributed by atoms with Crippen molar-refractivity contribution in [1.29, 1.82) is 0 Å². The predicted octanol–water partition coefficient (Wildman–Crippen LogP) is 4.52. The van der Waals surface area contributed by atoms with E-state index in [2.05, 4.69) is 48.6 Å². The highest BCUT2D eigenvalue weighted by Crippen LogP contribution is 2.33. The lowest BCUT2D eigenvalue weighted by molar-refractivity contribution is 0.817. The summed E-state index contributed by atoms with van der Waals surface area (Å²) in [4.78, 5) is 2.31. The van der Waals surface area contributed by atoms with Gasteiger partial charge in [0.15, 0.2) is 0 Å². The fraction of sp³-hybridized carbons (Fsp3) is 0.200. The highest BCUT2D eigenvalue weighted by Gasteiger charge is 2.04. The minimum absolute atomic E-state index is 0.813. The highest BCUT2D eigenvalue weighted by molar-refractivity contribution is 7.99. The van der Waals surface area contributed by atoms with E-state index in [0.29, 0.717) is 0 Å². The number of hydrogen-bond acceptors (Lipinski definition) is 2. The number of rotatable bonds is 4. The van der Waals surface area contributed by atoms with Gasteiger partial charge in [0.1, 0.15) is 0 Å². The topological polar surface area (TPSA) is 12.0 Å². The highest BCUT2D eigenvalue weighted by atomic mass is 35.5. The third-order valence-electron chi connectivity index (χ3n) is 2.63. The summed E-state index contributed by atoms with van der Waals surface area (Å²) >= 11 is 8.00. The zero-order valence-electron chi connectivity index (χ0n) is 10.5. The molecule has 0 aromatic heterocycles. The van der Waals surface area contributed by atoms with Crippen molar-refractivity contribution in [2.45, 2.75) is 23.3 Å². The van der Waals surface area contributed by atoms with E-state index < -0.39 is 0 Å². The first-order valence-corrected chi connectivity index (χ1v) is 7.06. The predicted molar refractivity (Wildman–Crippen MR) is 79.5 cm³/mol. The smallest absolute Gasteiger partial charge is 0.0548 e. The van der Waals surface area contributed by atoms with Crippen molar-refractivity contribution in [2.24, 2.45) is 0 Å². The van der Waals surface area contributed by atoms with Crippen LogP contribution in [0.25, 0.3) is 0 Å². The first-order valence-electron chi connectivity index (χ1n) is 5.86. The Hall–Kier alpha value is -0.960. The lowest BCUT2D eigenvalue weighted by atomic mass is 10.2. The van der Waals surface area contributed by atoms with Crippen molar-refractivity contribution in [1.82, 2.24) is 5.32 Å². The molecule has 0 aliphatic rings. The second-order valence-electron chi connectivity index (χ2n) is 4.21. The number of halogens is 1. The second-order valence-corrected chi connectivity index (χ2v) is 5.73. The molecule has 0 bridgehead atoms. The molecule has 1 nitrogen and oxygen atoms in total. The maximum atomic E-state index is 6.30. The van der Waals surface area contributed by atoms with Gasteiger partial charge in [0.25, 0.3) is 0 Å². The van der Waals surface area contributed by atoms with Gasteiger partial charge >= 0.3 is 0 Å². The van der Waals surface area contributed by atoms with Crippen molar-refractivity contribution in [3.05, 3.63) is 58.6 Å². The molecular formula is C15H16ClNS. The first kappa shape index (κ1) is 13.5. The molecule has 0 saturated carbocycles. The van der Waals surface area contributed by atoms with Crippen molar-refractivity contribution in [2.75, 3.05) is 7.05 Å². The molecule has 94 valence electrons. The third kappa shape index (κ3) is 3.52. The fourth-order valence-electron chi connectivity index (χ4n) is 1.67. The van der Waals surface area contributed by atoms with Crippen LogP contribution in [-0.2, 0) is 6.54 Å². The molecule has 0 heterocycles. The molecule has 0 spiro atoms. The molecule has 0 radical (unpaired) electrons. The Morgan fingerprint density at radius 2 is 1.83 bits per heavy atom. The largest absolute Gasteiger partial charge is 0.316 e. The number of aryl methyl sites for hydroxylation is 1. The standard InChI is InChI=1S/C15H16ClNS/c1-11-3-6-13(7-4-11)18-15-8-5-12(10-17-2)9-14(15)16/h3-9,17H,10H2,1-2H3. The SMILES string of the molecule is CNCc1ccc(Sc2ccc(C)cc2)c(Cl)c1. The molecule has 1 N–H and O–H groups in total. The van der Waals surface area contributed by atoms with Gasteiger partial charge in [-0.3, -0.25) is 0 Å². The van der Waals surface area contributed by atoms with Gasteiger partial charge in [-0.25, -0.2) is 0 Å². The van der Waals surface area contributed by atoms with Crippen LogP contribution in [0.2, 0.25) is 5.02 Å². The summed E-state index contributed by atoms with van der Waals surface area (Å²) in [6.45, 7) is 2.93. The monoisotopic (exact) mass is 277 g/mol. The van der Waals surface area contributed by atoms with E-state index in [1.54, 1.807) is 11.8 Å². The lowest BCUT2D eigenvalue weighted by Crippen LogP contribution is -2.04. The van der Waals surface area contributed by atoms with Gasteiger partial charge in [-0.1, -0.05) is 47.1 Å². The molecule has 0 amide bonds. The van der Waals surface area contributed by atoms with E-state index >= 15 is 0 Å². The Morgan fingerprint density at radius 1 is 1.11 bits per heavy atom. The van der Waals surface area contributed by atoms with Gasteiger partial charge in [0.05, 0.1) is 5.02 Å². The van der Waals surface area contributed by atoms with Crippen molar-refractivity contribution >= 4 is 23.4 Å². The van der Waals surface area contributed by atoms with Crippen LogP contribution in [0.4, 0.5) is 0 Å². The zero-order chi connectivity index (χ0) is 13.0. The fourth-order valence-corrected chi connectivity index (χ4v) is 2.81. The van der Waals surface area contributed by atoms with Gasteiger partial charge in [-0.05, 0) is 43.8 Å². The van der Waals surface area contributed by atoms with Crippen LogP contribution in [0, 0.1) is 6.92 Å². The summed E-state index contributed by atoms with van der Waals surface area (Å²) < 4.78 is 0. The molecule has 0 atom stereocenters. The number of hydrogen-bond donors (Lipinski definition) is 1. The minimum Gasteiger partial charge on any atom is -0.316 e. The molecule has 2 aromatic rings. The van der Waals surface area contributed by atoms with Crippen molar-refractivity contribution in [3.63, 3.8) is 0 Å². The van der Waals surface area contributed by atoms with Crippen LogP contribution >= 0.6 is 23.4 Å². The Bertz CT molecular complexity index is 523. The Morgan fingerprint density at radius 3 is 2.44 bits per heavy atom. The molecule has 0 fully saturated rings. The van der Waals surface area contributed by atoms with E-state index in [4.69, 9.17) is 11.6 Å². The van der Waals surface area contributed by atoms with Gasteiger partial charge in [0.2, 0.25) is 0 Å². The molecule has 0 unspecified atom stereocenters. The van der Waals surface area contributed by atoms with Crippen molar-refractivity contribution < 1.29 is 0 Å². The van der Waals surface area contributed by atoms with E-state index in [0.717, 1.165) is 16.5 Å². The molecule has 0 aliphatic heterocycles. The van der Waals surface area contributed by atoms with Crippen LogP contribution in [-0.4, -0.2) is 7.05 Å². The molecular weight excluding hydrogens is 262 g/mol. The third-order valence-corrected chi connectivity index (χ3v) is 4.13. The van der Waals surface area contributed by atoms with Crippen LogP contribution in [0.5, 0.6) is 0 Å². The molecule has 3 heteroatoms. The Balaban J connectivity index is 2.16. The maximum absolute atomic E-state index is 6.30. The number of benzene rings is 2. The van der Waals surface area contributed by atoms with E-state index in [1.807, 2.05) is 13.1 Å². The summed E-state index contributed by atoms with van der Waals surface area (Å²) in [7, 11) is 1.93. The Kier molecular flexibility index (Phi) is 4.70. The molecule has 2 rings (SSSR count). The summed E-state index contributed by atoms with van der Waals surface area (Å²) in [5.41, 5.74) is 2.48. The first-order chi connectivity index (χ1) is 8.69. The second kappa shape index (κ2) is 6.28. The molecule has 18 heavy (non-hydrogen) atoms. The summed E-state index contributed by atoms with van der Waals surface area (Å²) in [5, 5.41) is 3.93. The van der Waals surface area contributed by atoms with Gasteiger partial charge in [-0.2, -0.15) is 0 Å². The summed E-state index contributed by atoms with van der Waals surface area (Å²) in [5.74, 6) is 0. The average Bonchev–Trinajstić information content (AvgIpc) is 2.36. The van der Waals surface area contributed by atoms with E-state index in [-0.39, 0.29) is 0 Å². The molecule has 2 aromatic carbocycles. The van der Waals surface area contributed by atoms with Gasteiger partial charge in [-0.15, -0.1) is 0 Å². The van der Waals surface area contributed by atoms with Gasteiger partial charge in [0, 0.05) is 16.3 Å². The normalized spacial score (nSPS) is 10.6. The van der Waals surface area contributed by atoms with E-state index in [9.17, 15) is 0 Å². The summed E-state index contributed by atoms with van der Waals surface area (Å²) in [6.07, 6.45) is 0.